The van der Waals surface area contributed by atoms with Gasteiger partial charge in [-0.15, -0.1) is 0 Å². The predicted molar refractivity (Wildman–Crippen MR) is 277 cm³/mol. The topological polar surface area (TPSA) is 11.4 Å². The highest BCUT2D eigenvalue weighted by molar-refractivity contribution is 6.15. The average Bonchev–Trinajstić information content (AvgIpc) is 3.67. The second-order valence-corrected chi connectivity index (χ2v) is 17.9. The van der Waals surface area contributed by atoms with Crippen molar-refractivity contribution in [3.63, 3.8) is 0 Å². The van der Waals surface area contributed by atoms with Crippen molar-refractivity contribution in [2.75, 3.05) is 9.80 Å². The number of benzene rings is 10. The van der Waals surface area contributed by atoms with Gasteiger partial charge >= 0.3 is 0 Å². The van der Waals surface area contributed by atoms with Gasteiger partial charge in [0.2, 0.25) is 0 Å². The predicted octanol–water partition coefficient (Wildman–Crippen LogP) is 17.5. The Balaban J connectivity index is 1.11. The molecule has 0 fully saturated rings. The molecule has 1 aromatic heterocycles. The van der Waals surface area contributed by atoms with Crippen molar-refractivity contribution < 1.29 is 0 Å². The molecule has 0 aliphatic heterocycles. The van der Waals surface area contributed by atoms with E-state index in [1.54, 1.807) is 0 Å². The van der Waals surface area contributed by atoms with Crippen molar-refractivity contribution in [3.8, 4) is 27.9 Å². The van der Waals surface area contributed by atoms with E-state index in [0.717, 1.165) is 45.3 Å². The summed E-state index contributed by atoms with van der Waals surface area (Å²) >= 11 is 0. The Morgan fingerprint density at radius 3 is 1.29 bits per heavy atom. The van der Waals surface area contributed by atoms with E-state index in [-0.39, 0.29) is 5.41 Å². The van der Waals surface area contributed by atoms with Crippen LogP contribution in [0.2, 0.25) is 0 Å². The molecule has 0 saturated heterocycles. The molecule has 1 heterocycles. The lowest BCUT2D eigenvalue weighted by atomic mass is 9.87. The SMILES string of the molecule is CC(C)(C)c1ccc(-n2c3cc(N(c4ccccc4)c4cccc(-c5ccccc5)c4)ccc3c3cc4ccc(N(c5ccccc5)c5cccc(-c6ccccc6)c5)cc4cc32)cc1. The van der Waals surface area contributed by atoms with E-state index < -0.39 is 0 Å². The zero-order valence-corrected chi connectivity index (χ0v) is 36.9. The van der Waals surface area contributed by atoms with Gasteiger partial charge in [0.05, 0.1) is 11.0 Å². The van der Waals surface area contributed by atoms with Crippen LogP contribution < -0.4 is 9.80 Å². The van der Waals surface area contributed by atoms with Gasteiger partial charge in [-0.2, -0.15) is 0 Å². The molecular formula is C62H49N3. The smallest absolute Gasteiger partial charge is 0.0561 e. The third kappa shape index (κ3) is 7.62. The summed E-state index contributed by atoms with van der Waals surface area (Å²) in [5.41, 5.74) is 16.2. The summed E-state index contributed by atoms with van der Waals surface area (Å²) in [4.78, 5) is 4.75. The molecule has 0 aliphatic rings. The van der Waals surface area contributed by atoms with Gasteiger partial charge < -0.3 is 14.4 Å². The van der Waals surface area contributed by atoms with Crippen LogP contribution >= 0.6 is 0 Å². The van der Waals surface area contributed by atoms with E-state index in [9.17, 15) is 0 Å². The van der Waals surface area contributed by atoms with Crippen molar-refractivity contribution in [1.29, 1.82) is 0 Å². The quantitative estimate of drug-likeness (QED) is 0.143. The first kappa shape index (κ1) is 39.7. The molecule has 0 amide bonds. The van der Waals surface area contributed by atoms with E-state index >= 15 is 0 Å². The fourth-order valence-electron chi connectivity index (χ4n) is 9.36. The monoisotopic (exact) mass is 835 g/mol. The number of para-hydroxylation sites is 2. The molecule has 3 nitrogen and oxygen atoms in total. The number of fused-ring (bicyclic) bond motifs is 4. The van der Waals surface area contributed by atoms with E-state index in [0.29, 0.717) is 0 Å². The fourth-order valence-corrected chi connectivity index (χ4v) is 9.36. The van der Waals surface area contributed by atoms with Gasteiger partial charge in [-0.25, -0.2) is 0 Å². The van der Waals surface area contributed by atoms with E-state index in [1.165, 1.54) is 54.9 Å². The molecule has 3 heteroatoms. The van der Waals surface area contributed by atoms with Crippen LogP contribution in [-0.2, 0) is 5.41 Å². The van der Waals surface area contributed by atoms with Crippen LogP contribution in [0.1, 0.15) is 26.3 Å². The van der Waals surface area contributed by atoms with E-state index in [4.69, 9.17) is 0 Å². The van der Waals surface area contributed by atoms with Crippen LogP contribution in [0.5, 0.6) is 0 Å². The molecule has 0 radical (unpaired) electrons. The molecular weight excluding hydrogens is 787 g/mol. The summed E-state index contributed by atoms with van der Waals surface area (Å²) in [6.45, 7) is 6.83. The molecule has 0 spiro atoms. The maximum Gasteiger partial charge on any atom is 0.0561 e. The molecule has 11 aromatic rings. The Labute approximate surface area is 381 Å². The third-order valence-electron chi connectivity index (χ3n) is 12.7. The minimum atomic E-state index is 0.0365. The Kier molecular flexibility index (Phi) is 10.1. The fraction of sp³-hybridized carbons (Fsp3) is 0.0645. The Morgan fingerprint density at radius 1 is 0.308 bits per heavy atom. The molecule has 312 valence electrons. The number of nitrogens with zero attached hydrogens (tertiary/aromatic N) is 3. The second kappa shape index (κ2) is 16.5. The summed E-state index contributed by atoms with van der Waals surface area (Å²) in [6, 6.07) is 88.2. The van der Waals surface area contributed by atoms with Crippen molar-refractivity contribution in [3.05, 3.63) is 248 Å². The largest absolute Gasteiger partial charge is 0.310 e. The molecule has 0 bridgehead atoms. The van der Waals surface area contributed by atoms with Crippen LogP contribution in [0.3, 0.4) is 0 Å². The van der Waals surface area contributed by atoms with E-state index in [2.05, 4.69) is 278 Å². The maximum absolute atomic E-state index is 2.47. The normalized spacial score (nSPS) is 11.6. The van der Waals surface area contributed by atoms with Crippen LogP contribution in [0.15, 0.2) is 243 Å². The van der Waals surface area contributed by atoms with E-state index in [1.807, 2.05) is 0 Å². The summed E-state index contributed by atoms with van der Waals surface area (Å²) in [5, 5.41) is 4.81. The lowest BCUT2D eigenvalue weighted by molar-refractivity contribution is 0.590. The first-order valence-electron chi connectivity index (χ1n) is 22.5. The maximum atomic E-state index is 2.47. The molecule has 0 atom stereocenters. The number of anilines is 6. The molecule has 0 N–H and O–H groups in total. The molecule has 11 rings (SSSR count). The third-order valence-corrected chi connectivity index (χ3v) is 12.7. The summed E-state index contributed by atoms with van der Waals surface area (Å²) in [6.07, 6.45) is 0. The molecule has 0 unspecified atom stereocenters. The van der Waals surface area contributed by atoms with Crippen molar-refractivity contribution in [2.45, 2.75) is 26.2 Å². The second-order valence-electron chi connectivity index (χ2n) is 17.9. The highest BCUT2D eigenvalue weighted by Crippen LogP contribution is 2.43. The Morgan fingerprint density at radius 2 is 0.754 bits per heavy atom. The van der Waals surface area contributed by atoms with Crippen LogP contribution in [-0.4, -0.2) is 4.57 Å². The van der Waals surface area contributed by atoms with Crippen LogP contribution in [0.4, 0.5) is 34.1 Å². The first-order chi connectivity index (χ1) is 31.9. The number of hydrogen-bond donors (Lipinski definition) is 0. The van der Waals surface area contributed by atoms with Gasteiger partial charge in [-0.3, -0.25) is 0 Å². The lowest BCUT2D eigenvalue weighted by Gasteiger charge is -2.26. The summed E-state index contributed by atoms with van der Waals surface area (Å²) in [7, 11) is 0. The van der Waals surface area contributed by atoms with Crippen molar-refractivity contribution in [2.24, 2.45) is 0 Å². The molecule has 65 heavy (non-hydrogen) atoms. The van der Waals surface area contributed by atoms with Gasteiger partial charge in [0, 0.05) is 50.6 Å². The lowest BCUT2D eigenvalue weighted by Crippen LogP contribution is -2.11. The number of aromatic nitrogens is 1. The van der Waals surface area contributed by atoms with Crippen LogP contribution in [0.25, 0.3) is 60.5 Å². The van der Waals surface area contributed by atoms with Crippen LogP contribution in [0, 0.1) is 0 Å². The van der Waals surface area contributed by atoms with Gasteiger partial charge in [0.25, 0.3) is 0 Å². The Bertz CT molecular complexity index is 3440. The zero-order chi connectivity index (χ0) is 43.9. The zero-order valence-electron chi connectivity index (χ0n) is 36.9. The highest BCUT2D eigenvalue weighted by Gasteiger charge is 2.21. The van der Waals surface area contributed by atoms with Gasteiger partial charge in [-0.1, -0.05) is 166 Å². The number of rotatable bonds is 9. The molecule has 10 aromatic carbocycles. The molecule has 0 saturated carbocycles. The number of hydrogen-bond acceptors (Lipinski definition) is 2. The van der Waals surface area contributed by atoms with Gasteiger partial charge in [0.15, 0.2) is 0 Å². The minimum absolute atomic E-state index is 0.0365. The van der Waals surface area contributed by atoms with Crippen molar-refractivity contribution in [1.82, 2.24) is 4.57 Å². The van der Waals surface area contributed by atoms with Crippen molar-refractivity contribution >= 4 is 66.7 Å². The van der Waals surface area contributed by atoms with Gasteiger partial charge in [-0.05, 0) is 141 Å². The standard InChI is InChI=1S/C62H49N3/c1-62(2,3)50-31-34-53(35-32-50)65-60-42-49-40-56(63(51-24-12-6-13-25-51)54-28-16-22-46(38-54)44-18-8-4-9-19-44)33-30-48(49)41-59(60)58-37-36-57(43-61(58)65)64(52-26-14-7-15-27-52)55-29-17-23-47(39-55)45-20-10-5-11-21-45/h4-43H,1-3H3. The highest BCUT2D eigenvalue weighted by atomic mass is 15.1. The minimum Gasteiger partial charge on any atom is -0.310 e. The Hall–Kier alpha value is -8.14. The molecule has 0 aliphatic carbocycles. The summed E-state index contributed by atoms with van der Waals surface area (Å²) in [5.74, 6) is 0. The first-order valence-corrected chi connectivity index (χ1v) is 22.5. The van der Waals surface area contributed by atoms with Gasteiger partial charge in [0.1, 0.15) is 0 Å². The summed E-state index contributed by atoms with van der Waals surface area (Å²) < 4.78 is 2.47. The average molecular weight is 836 g/mol.